The maximum absolute atomic E-state index is 5.72. The zero-order chi connectivity index (χ0) is 13.0. The summed E-state index contributed by atoms with van der Waals surface area (Å²) in [6.45, 7) is 5.02. The molecule has 18 heavy (non-hydrogen) atoms. The van der Waals surface area contributed by atoms with Crippen molar-refractivity contribution in [1.82, 2.24) is 14.4 Å². The largest absolute Gasteiger partial charge is 0.470 e. The highest BCUT2D eigenvalue weighted by Crippen LogP contribution is 2.19. The van der Waals surface area contributed by atoms with Gasteiger partial charge in [-0.2, -0.15) is 4.98 Å². The molecule has 2 heterocycles. The molecule has 0 saturated heterocycles. The van der Waals surface area contributed by atoms with E-state index in [1.165, 1.54) is 0 Å². The lowest BCUT2D eigenvalue weighted by molar-refractivity contribution is 0.0640. The number of nitrogens with one attached hydrogen (secondary N) is 1. The second-order valence-corrected chi connectivity index (χ2v) is 3.82. The van der Waals surface area contributed by atoms with Gasteiger partial charge in [-0.3, -0.25) is 4.40 Å². The predicted molar refractivity (Wildman–Crippen MR) is 67.4 cm³/mol. The molecule has 2 aromatic heterocycles. The lowest BCUT2D eigenvalue weighted by atomic mass is 10.4. The fourth-order valence-electron chi connectivity index (χ4n) is 1.56. The number of aromatic nitrogens is 3. The number of ether oxygens (including phenoxy) is 2. The zero-order valence-corrected chi connectivity index (χ0v) is 10.5. The normalized spacial score (nSPS) is 12.6. The third-order valence-electron chi connectivity index (χ3n) is 2.36. The van der Waals surface area contributed by atoms with Crippen molar-refractivity contribution >= 4 is 11.5 Å². The molecule has 0 fully saturated rings. The Hall–Kier alpha value is -1.86. The van der Waals surface area contributed by atoms with Crippen LogP contribution in [0.25, 0.3) is 5.65 Å². The van der Waals surface area contributed by atoms with E-state index in [2.05, 4.69) is 15.4 Å². The molecular formula is C11H17N5O2. The first-order valence-corrected chi connectivity index (χ1v) is 5.79. The Balaban J connectivity index is 2.22. The quantitative estimate of drug-likeness (QED) is 0.584. The van der Waals surface area contributed by atoms with Gasteiger partial charge in [0.2, 0.25) is 5.65 Å². The first kappa shape index (κ1) is 12.6. The van der Waals surface area contributed by atoms with Gasteiger partial charge in [0.25, 0.3) is 5.88 Å². The average Bonchev–Trinajstić information content (AvgIpc) is 2.84. The highest BCUT2D eigenvalue weighted by Gasteiger charge is 2.12. The van der Waals surface area contributed by atoms with Gasteiger partial charge in [-0.15, -0.1) is 0 Å². The summed E-state index contributed by atoms with van der Waals surface area (Å²) in [7, 11) is 0. The molecule has 7 nitrogen and oxygen atoms in total. The number of nitrogens with two attached hydrogens (primary N) is 1. The standard InChI is InChI=1S/C11H17N5O2/c1-3-17-7-8(2)18-11-10-13-4-5-16(10)6-9(14-11)15-12/h4-6,8,15H,3,7,12H2,1-2H3. The van der Waals surface area contributed by atoms with Crippen LogP contribution in [0.3, 0.4) is 0 Å². The van der Waals surface area contributed by atoms with Crippen molar-refractivity contribution in [3.8, 4) is 5.88 Å². The number of fused-ring (bicyclic) bond motifs is 1. The lowest BCUT2D eigenvalue weighted by Crippen LogP contribution is -2.20. The van der Waals surface area contributed by atoms with Crippen molar-refractivity contribution in [2.24, 2.45) is 5.84 Å². The summed E-state index contributed by atoms with van der Waals surface area (Å²) in [5.74, 6) is 6.31. The summed E-state index contributed by atoms with van der Waals surface area (Å²) in [5, 5.41) is 0. The minimum absolute atomic E-state index is 0.106. The number of nitrogens with zero attached hydrogens (tertiary/aromatic N) is 3. The van der Waals surface area contributed by atoms with Crippen molar-refractivity contribution < 1.29 is 9.47 Å². The number of hydrogen-bond acceptors (Lipinski definition) is 6. The molecule has 0 spiro atoms. The molecule has 0 aliphatic heterocycles. The average molecular weight is 251 g/mol. The second kappa shape index (κ2) is 5.65. The maximum atomic E-state index is 5.72. The minimum Gasteiger partial charge on any atom is -0.470 e. The molecule has 0 saturated carbocycles. The Morgan fingerprint density at radius 3 is 3.11 bits per heavy atom. The van der Waals surface area contributed by atoms with E-state index >= 15 is 0 Å². The minimum atomic E-state index is -0.106. The molecule has 0 aromatic carbocycles. The van der Waals surface area contributed by atoms with Crippen LogP contribution >= 0.6 is 0 Å². The number of anilines is 1. The van der Waals surface area contributed by atoms with E-state index in [-0.39, 0.29) is 6.10 Å². The zero-order valence-electron chi connectivity index (χ0n) is 10.5. The van der Waals surface area contributed by atoms with Crippen molar-refractivity contribution in [2.45, 2.75) is 20.0 Å². The summed E-state index contributed by atoms with van der Waals surface area (Å²) in [5.41, 5.74) is 3.15. The molecule has 0 aliphatic rings. The van der Waals surface area contributed by atoms with Crippen LogP contribution in [0, 0.1) is 0 Å². The SMILES string of the molecule is CCOCC(C)Oc1nc(NN)cn2ccnc12. The number of nitrogen functional groups attached to an aromatic ring is 1. The Kier molecular flexibility index (Phi) is 3.96. The van der Waals surface area contributed by atoms with Crippen LogP contribution in [0.1, 0.15) is 13.8 Å². The molecule has 7 heteroatoms. The number of hydrogen-bond donors (Lipinski definition) is 2. The fourth-order valence-corrected chi connectivity index (χ4v) is 1.56. The predicted octanol–water partition coefficient (Wildman–Crippen LogP) is 0.819. The Bertz CT molecular complexity index is 513. The molecule has 0 radical (unpaired) electrons. The van der Waals surface area contributed by atoms with E-state index in [4.69, 9.17) is 15.3 Å². The Morgan fingerprint density at radius 1 is 1.56 bits per heavy atom. The molecule has 3 N–H and O–H groups in total. The summed E-state index contributed by atoms with van der Waals surface area (Å²) in [6, 6.07) is 0. The summed E-state index contributed by atoms with van der Waals surface area (Å²) in [4.78, 5) is 8.44. The van der Waals surface area contributed by atoms with Crippen LogP contribution < -0.4 is 16.0 Å². The molecular weight excluding hydrogens is 234 g/mol. The van der Waals surface area contributed by atoms with Crippen molar-refractivity contribution in [2.75, 3.05) is 18.6 Å². The highest BCUT2D eigenvalue weighted by atomic mass is 16.5. The van der Waals surface area contributed by atoms with Crippen molar-refractivity contribution in [1.29, 1.82) is 0 Å². The Labute approximate surface area is 105 Å². The first-order chi connectivity index (χ1) is 8.74. The van der Waals surface area contributed by atoms with E-state index in [9.17, 15) is 0 Å². The molecule has 1 atom stereocenters. The van der Waals surface area contributed by atoms with Gasteiger partial charge in [-0.05, 0) is 13.8 Å². The van der Waals surface area contributed by atoms with E-state index in [1.54, 1.807) is 23.0 Å². The summed E-state index contributed by atoms with van der Waals surface area (Å²) in [6.07, 6.45) is 5.11. The monoisotopic (exact) mass is 251 g/mol. The molecule has 1 unspecified atom stereocenters. The molecule has 0 bridgehead atoms. The smallest absolute Gasteiger partial charge is 0.260 e. The van der Waals surface area contributed by atoms with Gasteiger partial charge < -0.3 is 14.9 Å². The van der Waals surface area contributed by atoms with Crippen LogP contribution in [0.15, 0.2) is 18.6 Å². The molecule has 2 aromatic rings. The molecule has 2 rings (SSSR count). The maximum Gasteiger partial charge on any atom is 0.260 e. The topological polar surface area (TPSA) is 86.7 Å². The van der Waals surface area contributed by atoms with Gasteiger partial charge in [0, 0.05) is 19.0 Å². The second-order valence-electron chi connectivity index (χ2n) is 3.82. The van der Waals surface area contributed by atoms with Crippen molar-refractivity contribution in [3.63, 3.8) is 0 Å². The Morgan fingerprint density at radius 2 is 2.39 bits per heavy atom. The van der Waals surface area contributed by atoms with Crippen LogP contribution in [-0.4, -0.2) is 33.7 Å². The van der Waals surface area contributed by atoms with Gasteiger partial charge in [-0.25, -0.2) is 10.8 Å². The molecule has 98 valence electrons. The molecule has 0 amide bonds. The van der Waals surface area contributed by atoms with Crippen LogP contribution in [0.4, 0.5) is 5.82 Å². The van der Waals surface area contributed by atoms with Crippen LogP contribution in [-0.2, 0) is 4.74 Å². The molecule has 0 aliphatic carbocycles. The van der Waals surface area contributed by atoms with Crippen LogP contribution in [0.5, 0.6) is 5.88 Å². The van der Waals surface area contributed by atoms with Crippen molar-refractivity contribution in [3.05, 3.63) is 18.6 Å². The highest BCUT2D eigenvalue weighted by molar-refractivity contribution is 5.53. The van der Waals surface area contributed by atoms with E-state index in [0.717, 1.165) is 0 Å². The first-order valence-electron chi connectivity index (χ1n) is 5.79. The third-order valence-corrected chi connectivity index (χ3v) is 2.36. The van der Waals surface area contributed by atoms with Gasteiger partial charge in [-0.1, -0.05) is 0 Å². The lowest BCUT2D eigenvalue weighted by Gasteiger charge is -2.14. The van der Waals surface area contributed by atoms with Gasteiger partial charge in [0.05, 0.1) is 12.8 Å². The van der Waals surface area contributed by atoms with E-state index < -0.39 is 0 Å². The van der Waals surface area contributed by atoms with E-state index in [0.29, 0.717) is 30.6 Å². The van der Waals surface area contributed by atoms with Crippen LogP contribution in [0.2, 0.25) is 0 Å². The van der Waals surface area contributed by atoms with E-state index in [1.807, 2.05) is 13.8 Å². The number of hydrazine groups is 1. The van der Waals surface area contributed by atoms with Gasteiger partial charge in [0.15, 0.2) is 5.82 Å². The van der Waals surface area contributed by atoms with Gasteiger partial charge >= 0.3 is 0 Å². The fraction of sp³-hybridized carbons (Fsp3) is 0.455. The number of imidazole rings is 1. The summed E-state index contributed by atoms with van der Waals surface area (Å²) >= 11 is 0. The van der Waals surface area contributed by atoms with Gasteiger partial charge in [0.1, 0.15) is 6.10 Å². The summed E-state index contributed by atoms with van der Waals surface area (Å²) < 4.78 is 12.8. The third kappa shape index (κ3) is 2.69. The number of rotatable bonds is 6.